The number of carbonyl (C=O) groups excluding carboxylic acids is 1. The summed E-state index contributed by atoms with van der Waals surface area (Å²) in [5.41, 5.74) is 6.85. The molecule has 4 N–H and O–H groups in total. The lowest BCUT2D eigenvalue weighted by molar-refractivity contribution is 0.103. The van der Waals surface area contributed by atoms with Crippen LogP contribution in [0.5, 0.6) is 0 Å². The third-order valence-corrected chi connectivity index (χ3v) is 3.39. The van der Waals surface area contributed by atoms with Gasteiger partial charge in [-0.05, 0) is 18.4 Å². The van der Waals surface area contributed by atoms with Gasteiger partial charge in [-0.2, -0.15) is 5.10 Å². The topological polar surface area (TPSA) is 83.8 Å². The van der Waals surface area contributed by atoms with Crippen molar-refractivity contribution in [2.45, 2.75) is 6.92 Å². The Hall–Kier alpha value is -1.53. The lowest BCUT2D eigenvalue weighted by Crippen LogP contribution is -2.12. The minimum Gasteiger partial charge on any atom is -0.394 e. The van der Waals surface area contributed by atoms with Crippen molar-refractivity contribution in [3.63, 3.8) is 0 Å². The molecule has 0 aliphatic rings. The van der Waals surface area contributed by atoms with Crippen LogP contribution < -0.4 is 11.1 Å². The Kier molecular flexibility index (Phi) is 2.84. The number of halogens is 1. The van der Waals surface area contributed by atoms with E-state index in [-0.39, 0.29) is 5.91 Å². The van der Waals surface area contributed by atoms with Crippen LogP contribution in [-0.4, -0.2) is 16.1 Å². The second-order valence-corrected chi connectivity index (χ2v) is 4.49. The fourth-order valence-electron chi connectivity index (χ4n) is 1.15. The molecule has 2 aromatic rings. The van der Waals surface area contributed by atoms with Gasteiger partial charge in [-0.25, -0.2) is 0 Å². The summed E-state index contributed by atoms with van der Waals surface area (Å²) < 4.78 is 0. The number of hydrogen-bond acceptors (Lipinski definition) is 4. The fraction of sp³-hybridized carbons (Fsp3) is 0.111. The van der Waals surface area contributed by atoms with E-state index in [1.54, 1.807) is 18.4 Å². The summed E-state index contributed by atoms with van der Waals surface area (Å²) in [5, 5.41) is 11.3. The van der Waals surface area contributed by atoms with Gasteiger partial charge < -0.3 is 11.1 Å². The van der Waals surface area contributed by atoms with Crippen molar-refractivity contribution in [2.75, 3.05) is 11.1 Å². The average molecular weight is 257 g/mol. The van der Waals surface area contributed by atoms with E-state index in [1.807, 2.05) is 0 Å². The summed E-state index contributed by atoms with van der Waals surface area (Å²) in [6, 6.07) is 1.67. The summed E-state index contributed by atoms with van der Waals surface area (Å²) in [5.74, 6) is 0.0187. The highest BCUT2D eigenvalue weighted by atomic mass is 35.5. The number of nitrogen functional groups attached to an aromatic ring is 1. The van der Waals surface area contributed by atoms with Gasteiger partial charge in [0.05, 0.1) is 16.4 Å². The number of anilines is 2. The van der Waals surface area contributed by atoms with E-state index in [4.69, 9.17) is 17.3 Å². The lowest BCUT2D eigenvalue weighted by atomic mass is 10.4. The number of nitrogens with two attached hydrogens (primary N) is 1. The molecular formula is C9H9ClN4OS. The number of hydrogen-bond donors (Lipinski definition) is 3. The molecule has 1 amide bonds. The molecule has 2 heterocycles. The first-order valence-corrected chi connectivity index (χ1v) is 5.70. The van der Waals surface area contributed by atoms with Crippen molar-refractivity contribution in [1.29, 1.82) is 0 Å². The molecule has 0 saturated carbocycles. The van der Waals surface area contributed by atoms with Crippen molar-refractivity contribution in [1.82, 2.24) is 10.2 Å². The lowest BCUT2D eigenvalue weighted by Gasteiger charge is -2.01. The van der Waals surface area contributed by atoms with Gasteiger partial charge in [0.1, 0.15) is 4.88 Å². The fourth-order valence-corrected chi connectivity index (χ4v) is 2.19. The molecule has 0 unspecified atom stereocenters. The van der Waals surface area contributed by atoms with Gasteiger partial charge in [-0.15, -0.1) is 11.3 Å². The van der Waals surface area contributed by atoms with Crippen LogP contribution >= 0.6 is 22.9 Å². The number of nitrogens with zero attached hydrogens (tertiary/aromatic N) is 1. The van der Waals surface area contributed by atoms with E-state index in [0.29, 0.717) is 27.1 Å². The molecule has 84 valence electrons. The van der Waals surface area contributed by atoms with Crippen LogP contribution in [0.1, 0.15) is 15.4 Å². The zero-order chi connectivity index (χ0) is 11.7. The number of aromatic amines is 1. The van der Waals surface area contributed by atoms with Crippen LogP contribution in [0.2, 0.25) is 5.02 Å². The monoisotopic (exact) mass is 256 g/mol. The predicted molar refractivity (Wildman–Crippen MR) is 65.0 cm³/mol. The molecule has 0 atom stereocenters. The van der Waals surface area contributed by atoms with Crippen LogP contribution in [-0.2, 0) is 0 Å². The third kappa shape index (κ3) is 1.89. The molecule has 0 fully saturated rings. The molecule has 16 heavy (non-hydrogen) atoms. The van der Waals surface area contributed by atoms with Crippen molar-refractivity contribution in [2.24, 2.45) is 0 Å². The Labute approximate surface area is 101 Å². The molecule has 2 aromatic heterocycles. The highest BCUT2D eigenvalue weighted by molar-refractivity contribution is 7.12. The Bertz CT molecular complexity index is 533. The Morgan fingerprint density at radius 1 is 1.69 bits per heavy atom. The Morgan fingerprint density at radius 2 is 2.44 bits per heavy atom. The van der Waals surface area contributed by atoms with Crippen molar-refractivity contribution < 1.29 is 4.79 Å². The summed E-state index contributed by atoms with van der Waals surface area (Å²) in [4.78, 5) is 12.2. The number of aromatic nitrogens is 2. The second-order valence-electron chi connectivity index (χ2n) is 3.16. The maximum absolute atomic E-state index is 11.8. The summed E-state index contributed by atoms with van der Waals surface area (Å²) in [7, 11) is 0. The van der Waals surface area contributed by atoms with E-state index in [9.17, 15) is 4.79 Å². The van der Waals surface area contributed by atoms with Gasteiger partial charge in [-0.1, -0.05) is 11.6 Å². The summed E-state index contributed by atoms with van der Waals surface area (Å²) >= 11 is 7.10. The summed E-state index contributed by atoms with van der Waals surface area (Å²) in [6.45, 7) is 1.77. The molecule has 0 radical (unpaired) electrons. The van der Waals surface area contributed by atoms with E-state index in [1.165, 1.54) is 11.3 Å². The van der Waals surface area contributed by atoms with Crippen molar-refractivity contribution in [3.05, 3.63) is 27.0 Å². The number of aryl methyl sites for hydroxylation is 1. The number of rotatable bonds is 2. The van der Waals surface area contributed by atoms with Gasteiger partial charge >= 0.3 is 0 Å². The first-order chi connectivity index (χ1) is 7.59. The van der Waals surface area contributed by atoms with Gasteiger partial charge in [-0.3, -0.25) is 9.89 Å². The smallest absolute Gasteiger partial charge is 0.268 e. The van der Waals surface area contributed by atoms with Crippen LogP contribution in [0.4, 0.5) is 11.5 Å². The van der Waals surface area contributed by atoms with Crippen molar-refractivity contribution >= 4 is 40.4 Å². The first kappa shape index (κ1) is 11.0. The van der Waals surface area contributed by atoms with Gasteiger partial charge in [0.25, 0.3) is 5.91 Å². The Morgan fingerprint density at radius 3 is 2.94 bits per heavy atom. The molecule has 5 nitrogen and oxygen atoms in total. The summed E-state index contributed by atoms with van der Waals surface area (Å²) in [6.07, 6.45) is 0. The van der Waals surface area contributed by atoms with Gasteiger partial charge in [0.15, 0.2) is 5.82 Å². The zero-order valence-corrected chi connectivity index (χ0v) is 9.95. The number of carbonyl (C=O) groups is 1. The van der Waals surface area contributed by atoms with Crippen LogP contribution in [0.25, 0.3) is 0 Å². The zero-order valence-electron chi connectivity index (χ0n) is 8.37. The SMILES string of the molecule is Cc1[nH]nc(NC(=O)c2sccc2Cl)c1N. The molecule has 2 rings (SSSR count). The van der Waals surface area contributed by atoms with Crippen LogP contribution in [0.15, 0.2) is 11.4 Å². The molecular weight excluding hydrogens is 248 g/mol. The third-order valence-electron chi connectivity index (χ3n) is 2.05. The van der Waals surface area contributed by atoms with Gasteiger partial charge in [0.2, 0.25) is 0 Å². The minimum atomic E-state index is -0.307. The highest BCUT2D eigenvalue weighted by Crippen LogP contribution is 2.24. The van der Waals surface area contributed by atoms with Crippen LogP contribution in [0.3, 0.4) is 0 Å². The predicted octanol–water partition coefficient (Wildman–Crippen LogP) is 2.27. The van der Waals surface area contributed by atoms with E-state index in [0.717, 1.165) is 0 Å². The Balaban J connectivity index is 2.20. The second kappa shape index (κ2) is 4.15. The highest BCUT2D eigenvalue weighted by Gasteiger charge is 2.15. The molecule has 0 aromatic carbocycles. The molecule has 0 spiro atoms. The van der Waals surface area contributed by atoms with Gasteiger partial charge in [0, 0.05) is 0 Å². The molecule has 0 aliphatic carbocycles. The normalized spacial score (nSPS) is 10.4. The maximum atomic E-state index is 11.8. The number of nitrogens with one attached hydrogen (secondary N) is 2. The quantitative estimate of drug-likeness (QED) is 0.771. The number of H-pyrrole nitrogens is 1. The first-order valence-electron chi connectivity index (χ1n) is 4.44. The largest absolute Gasteiger partial charge is 0.394 e. The maximum Gasteiger partial charge on any atom is 0.268 e. The number of amides is 1. The molecule has 7 heteroatoms. The minimum absolute atomic E-state index is 0.307. The van der Waals surface area contributed by atoms with E-state index >= 15 is 0 Å². The molecule has 0 aliphatic heterocycles. The van der Waals surface area contributed by atoms with Crippen LogP contribution in [0, 0.1) is 6.92 Å². The molecule has 0 bridgehead atoms. The average Bonchev–Trinajstić information content (AvgIpc) is 2.79. The molecule has 0 saturated heterocycles. The van der Waals surface area contributed by atoms with E-state index < -0.39 is 0 Å². The standard InChI is InChI=1S/C9H9ClN4OS/c1-4-6(11)8(14-13-4)12-9(15)7-5(10)2-3-16-7/h2-3H,11H2,1H3,(H2,12,13,14,15). The van der Waals surface area contributed by atoms with E-state index in [2.05, 4.69) is 15.5 Å². The number of thiophene rings is 1. The van der Waals surface area contributed by atoms with Crippen molar-refractivity contribution in [3.8, 4) is 0 Å².